The van der Waals surface area contributed by atoms with Gasteiger partial charge in [0.25, 0.3) is 17.7 Å². The number of nitrogens with zero attached hydrogens (tertiary/aromatic N) is 9. The number of anilines is 3. The topological polar surface area (TPSA) is 349 Å². The van der Waals surface area contributed by atoms with Crippen LogP contribution in [0.5, 0.6) is 17.2 Å². The largest absolute Gasteiger partial charge is 0.494 e. The molecule has 3 aromatic carbocycles. The van der Waals surface area contributed by atoms with Gasteiger partial charge in [0.15, 0.2) is 0 Å². The number of carbonyl (C=O) groups excluding carboxylic acids is 6. The highest BCUT2D eigenvalue weighted by atomic mass is 16.5. The first-order valence-corrected chi connectivity index (χ1v) is 30.7. The van der Waals surface area contributed by atoms with Crippen molar-refractivity contribution in [1.29, 1.82) is 0 Å². The molecule has 6 aromatic rings. The van der Waals surface area contributed by atoms with Crippen molar-refractivity contribution < 1.29 is 43.0 Å². The number of hydrogen-bond acceptors (Lipinski definition) is 15. The Kier molecular flexibility index (Phi) is 15.8. The molecule has 90 heavy (non-hydrogen) atoms. The lowest BCUT2D eigenvalue weighted by molar-refractivity contribution is -0.149. The maximum absolute atomic E-state index is 12.1. The maximum Gasteiger partial charge on any atom is 0.254 e. The van der Waals surface area contributed by atoms with E-state index in [-0.39, 0.29) is 68.8 Å². The van der Waals surface area contributed by atoms with Crippen LogP contribution in [0.25, 0.3) is 33.8 Å². The molecular formula is C66H77N15O9. The number of nitrogen functional groups attached to an aromatic ring is 3. The van der Waals surface area contributed by atoms with Gasteiger partial charge in [-0.2, -0.15) is 15.3 Å². The number of ether oxygens (including phenoxy) is 3. The lowest BCUT2D eigenvalue weighted by Crippen LogP contribution is -2.63. The lowest BCUT2D eigenvalue weighted by Gasteiger charge is -2.58. The average molecular weight is 1220 g/mol. The smallest absolute Gasteiger partial charge is 0.254 e. The summed E-state index contributed by atoms with van der Waals surface area (Å²) in [5.41, 5.74) is 40.7. The fraction of sp³-hybridized carbons (Fsp3) is 0.409. The van der Waals surface area contributed by atoms with Crippen LogP contribution < -0.4 is 48.6 Å². The van der Waals surface area contributed by atoms with E-state index in [9.17, 15) is 28.8 Å². The van der Waals surface area contributed by atoms with Crippen LogP contribution in [-0.2, 0) is 14.4 Å². The Morgan fingerprint density at radius 2 is 0.733 bits per heavy atom. The van der Waals surface area contributed by atoms with Crippen LogP contribution in [0.15, 0.2) is 111 Å². The number of benzene rings is 3. The number of hydrogen-bond donors (Lipinski definition) is 6. The molecule has 8 aliphatic rings. The van der Waals surface area contributed by atoms with Gasteiger partial charge in [-0.15, -0.1) is 0 Å². The van der Waals surface area contributed by atoms with Crippen molar-refractivity contribution in [3.63, 3.8) is 0 Å². The second-order valence-corrected chi connectivity index (χ2v) is 25.7. The van der Waals surface area contributed by atoms with Gasteiger partial charge < -0.3 is 63.3 Å². The number of carbonyl (C=O) groups is 6. The van der Waals surface area contributed by atoms with Crippen molar-refractivity contribution >= 4 is 52.9 Å². The van der Waals surface area contributed by atoms with E-state index < -0.39 is 17.7 Å². The van der Waals surface area contributed by atoms with Gasteiger partial charge >= 0.3 is 0 Å². The zero-order valence-electron chi connectivity index (χ0n) is 50.6. The number of rotatable bonds is 19. The number of likely N-dealkylation sites (tertiary alicyclic amines) is 3. The summed E-state index contributed by atoms with van der Waals surface area (Å²) in [6.07, 6.45) is 15.2. The molecule has 6 amide bonds. The summed E-state index contributed by atoms with van der Waals surface area (Å²) < 4.78 is 22.4. The zero-order valence-corrected chi connectivity index (χ0v) is 50.6. The van der Waals surface area contributed by atoms with Crippen molar-refractivity contribution in [2.75, 3.05) is 63.1 Å². The minimum Gasteiger partial charge on any atom is -0.494 e. The van der Waals surface area contributed by atoms with Crippen molar-refractivity contribution in [2.24, 2.45) is 33.4 Å². The Morgan fingerprint density at radius 1 is 0.467 bits per heavy atom. The number of nitrogens with two attached hydrogens (primary N) is 6. The van der Waals surface area contributed by atoms with E-state index in [4.69, 9.17) is 48.6 Å². The van der Waals surface area contributed by atoms with Crippen LogP contribution in [0, 0.1) is 16.2 Å². The van der Waals surface area contributed by atoms with Crippen molar-refractivity contribution in [3.8, 4) is 51.0 Å². The fourth-order valence-electron chi connectivity index (χ4n) is 13.8. The van der Waals surface area contributed by atoms with Crippen LogP contribution in [0.2, 0.25) is 0 Å². The second kappa shape index (κ2) is 23.6. The van der Waals surface area contributed by atoms with Crippen LogP contribution in [0.4, 0.5) is 17.5 Å². The molecule has 0 unspecified atom stereocenters. The first-order valence-electron chi connectivity index (χ1n) is 30.7. The van der Waals surface area contributed by atoms with E-state index in [0.29, 0.717) is 53.4 Å². The molecule has 3 saturated heterocycles. The van der Waals surface area contributed by atoms with Crippen LogP contribution in [-0.4, -0.2) is 138 Å². The molecule has 0 radical (unpaired) electrons. The van der Waals surface area contributed by atoms with E-state index >= 15 is 0 Å². The highest BCUT2D eigenvalue weighted by molar-refractivity contribution is 6.05. The van der Waals surface area contributed by atoms with Gasteiger partial charge in [-0.3, -0.25) is 28.8 Å². The molecule has 3 aliphatic heterocycles. The highest BCUT2D eigenvalue weighted by Gasteiger charge is 2.57. The molecule has 12 N–H and O–H groups in total. The van der Waals surface area contributed by atoms with E-state index in [1.165, 1.54) is 18.2 Å². The quantitative estimate of drug-likeness (QED) is 0.0465. The maximum atomic E-state index is 12.1. The Hall–Kier alpha value is -9.87. The molecule has 0 atom stereocenters. The summed E-state index contributed by atoms with van der Waals surface area (Å²) in [5.74, 6) is 1.39. The van der Waals surface area contributed by atoms with E-state index in [1.807, 2.05) is 79.7 Å². The number of amides is 6. The summed E-state index contributed by atoms with van der Waals surface area (Å²) in [7, 11) is 0. The average Bonchev–Trinajstić information content (AvgIpc) is 1.31. The van der Waals surface area contributed by atoms with Gasteiger partial charge in [-0.1, -0.05) is 26.7 Å². The Morgan fingerprint density at radius 3 is 0.967 bits per heavy atom. The third-order valence-corrected chi connectivity index (χ3v) is 18.8. The van der Waals surface area contributed by atoms with Gasteiger partial charge in [-0.25, -0.2) is 14.0 Å². The normalized spacial score (nSPS) is 19.0. The van der Waals surface area contributed by atoms with Crippen LogP contribution in [0.3, 0.4) is 0 Å². The monoisotopic (exact) mass is 1220 g/mol. The minimum atomic E-state index is -0.597. The van der Waals surface area contributed by atoms with Gasteiger partial charge in [0.1, 0.15) is 68.5 Å². The van der Waals surface area contributed by atoms with E-state index in [0.717, 1.165) is 144 Å². The number of aromatic nitrogens is 6. The molecule has 24 nitrogen and oxygen atoms in total. The van der Waals surface area contributed by atoms with Gasteiger partial charge in [0, 0.05) is 72.2 Å². The molecule has 8 fully saturated rings. The highest BCUT2D eigenvalue weighted by Crippen LogP contribution is 2.57. The molecule has 5 saturated carbocycles. The standard InChI is InChI=1S/2C22H25N5O3.C22H27N5O3/c2*1-2-17(28)26-11-22(12-26)9-14(10-22)27-20(23)18(21(24)29)19(25-27)13-3-5-15(6-4-13)30-16-7-8-16;1-3-9-30-16-7-5-14(6-8-16)19-18(21(24)29)20(23)27(25-19)15-10-22(11-15)12-26(13-22)17(28)4-2/h2*2-6,14,16H,1,7-12,23H2,(H2,24,29);4-8,15H,2-3,9-13,23H2,1H3,(H2,24,29). The predicted molar refractivity (Wildman–Crippen MR) is 337 cm³/mol. The molecule has 3 spiro atoms. The van der Waals surface area contributed by atoms with Gasteiger partial charge in [0.2, 0.25) is 17.7 Å². The first kappa shape index (κ1) is 60.4. The van der Waals surface area contributed by atoms with Crippen molar-refractivity contribution in [2.45, 2.75) is 108 Å². The molecule has 6 heterocycles. The minimum absolute atomic E-state index is 0.0323. The zero-order chi connectivity index (χ0) is 63.6. The van der Waals surface area contributed by atoms with E-state index in [2.05, 4.69) is 35.0 Å². The summed E-state index contributed by atoms with van der Waals surface area (Å²) in [5, 5.41) is 14.0. The SMILES string of the molecule is C=CC(=O)N1CC2(CC(n3nc(-c4ccc(OC5CC5)cc4)c(C(N)=O)c3N)C2)C1.C=CC(=O)N1CC2(CC(n3nc(-c4ccc(OC5CC5)cc4)c(C(N)=O)c3N)C2)C1.C=CC(=O)N1CC2(CC(n3nc(-c4ccc(OCCC)cc4)c(C(N)=O)c3N)C2)C1. The lowest BCUT2D eigenvalue weighted by atomic mass is 9.60. The summed E-state index contributed by atoms with van der Waals surface area (Å²) in [4.78, 5) is 76.9. The van der Waals surface area contributed by atoms with Gasteiger partial charge in [-0.05, 0) is 162 Å². The molecule has 24 heteroatoms. The molecular weight excluding hydrogens is 1150 g/mol. The van der Waals surface area contributed by atoms with Crippen LogP contribution in [0.1, 0.15) is 127 Å². The molecule has 470 valence electrons. The third-order valence-electron chi connectivity index (χ3n) is 18.8. The second-order valence-electron chi connectivity index (χ2n) is 25.7. The molecule has 14 rings (SSSR count). The Bertz CT molecular complexity index is 3650. The third kappa shape index (κ3) is 11.6. The van der Waals surface area contributed by atoms with Crippen LogP contribution >= 0.6 is 0 Å². The number of primary amides is 3. The Balaban J connectivity index is 0.000000131. The van der Waals surface area contributed by atoms with E-state index in [1.54, 1.807) is 28.7 Å². The Labute approximate surface area is 520 Å². The summed E-state index contributed by atoms with van der Waals surface area (Å²) >= 11 is 0. The molecule has 3 aromatic heterocycles. The fourth-order valence-corrected chi connectivity index (χ4v) is 13.8. The van der Waals surface area contributed by atoms with Gasteiger partial charge in [0.05, 0.1) is 36.9 Å². The predicted octanol–water partition coefficient (Wildman–Crippen LogP) is 6.61. The molecule has 0 bridgehead atoms. The summed E-state index contributed by atoms with van der Waals surface area (Å²) in [6.45, 7) is 17.7. The summed E-state index contributed by atoms with van der Waals surface area (Å²) in [6, 6.07) is 22.7. The van der Waals surface area contributed by atoms with Crippen molar-refractivity contribution in [1.82, 2.24) is 44.0 Å². The van der Waals surface area contributed by atoms with Crippen molar-refractivity contribution in [3.05, 3.63) is 127 Å². The molecule has 5 aliphatic carbocycles. The first-order chi connectivity index (χ1) is 43.1.